The van der Waals surface area contributed by atoms with E-state index in [2.05, 4.69) is 5.32 Å². The molecule has 7 nitrogen and oxygen atoms in total. The van der Waals surface area contributed by atoms with E-state index in [9.17, 15) is 19.5 Å². The van der Waals surface area contributed by atoms with Crippen molar-refractivity contribution in [3.63, 3.8) is 0 Å². The van der Waals surface area contributed by atoms with Gasteiger partial charge in [-0.05, 0) is 41.3 Å². The van der Waals surface area contributed by atoms with Gasteiger partial charge in [-0.1, -0.05) is 60.7 Å². The summed E-state index contributed by atoms with van der Waals surface area (Å²) in [5.74, 6) is -0.443. The zero-order chi connectivity index (χ0) is 23.2. The normalized spacial score (nSPS) is 11.2. The number of carboxylic acid groups (broad SMARTS) is 1. The highest BCUT2D eigenvalue weighted by atomic mass is 16.4. The summed E-state index contributed by atoms with van der Waals surface area (Å²) < 4.78 is 6.87. The van der Waals surface area contributed by atoms with Gasteiger partial charge in [-0.15, -0.1) is 0 Å². The van der Waals surface area contributed by atoms with Crippen molar-refractivity contribution in [1.82, 2.24) is 4.57 Å². The molecule has 0 saturated heterocycles. The van der Waals surface area contributed by atoms with Crippen LogP contribution in [0.4, 0.5) is 10.5 Å². The minimum absolute atomic E-state index is 0.273. The zero-order valence-electron chi connectivity index (χ0n) is 17.7. The van der Waals surface area contributed by atoms with Gasteiger partial charge in [0.05, 0.1) is 11.2 Å². The van der Waals surface area contributed by atoms with Gasteiger partial charge < -0.3 is 14.3 Å². The molecule has 166 valence electrons. The molecule has 0 unspecified atom stereocenters. The molecule has 1 amide bonds. The number of anilines is 1. The van der Waals surface area contributed by atoms with Crippen LogP contribution < -0.4 is 11.1 Å². The average Bonchev–Trinajstić information content (AvgIpc) is 3.11. The summed E-state index contributed by atoms with van der Waals surface area (Å²) in [5, 5.41) is 11.7. The zero-order valence-corrected chi connectivity index (χ0v) is 17.7. The average molecular weight is 442 g/mol. The quantitative estimate of drug-likeness (QED) is 0.365. The van der Waals surface area contributed by atoms with Crippen LogP contribution in [-0.2, 0) is 17.8 Å². The van der Waals surface area contributed by atoms with Crippen molar-refractivity contribution in [1.29, 1.82) is 0 Å². The van der Waals surface area contributed by atoms with Gasteiger partial charge in [0.25, 0.3) is 0 Å². The Morgan fingerprint density at radius 2 is 1.88 bits per heavy atom. The number of fused-ring (bicyclic) bond motifs is 1. The van der Waals surface area contributed by atoms with Crippen LogP contribution in [0.25, 0.3) is 28.3 Å². The van der Waals surface area contributed by atoms with Crippen LogP contribution in [0.15, 0.2) is 82.0 Å². The Morgan fingerprint density at radius 1 is 1.06 bits per heavy atom. The SMILES string of the molecule is O=CCc1ccc2c(c1)oc(=O)n2CCC=Cc1ccc(-c2ccccc2)c(NC(=O)O)c1. The number of oxazole rings is 1. The van der Waals surface area contributed by atoms with Crippen LogP contribution in [0.1, 0.15) is 17.5 Å². The minimum atomic E-state index is -1.13. The third kappa shape index (κ3) is 5.10. The van der Waals surface area contributed by atoms with E-state index in [4.69, 9.17) is 4.42 Å². The number of aromatic nitrogens is 1. The number of hydrogen-bond donors (Lipinski definition) is 2. The first kappa shape index (κ1) is 21.8. The summed E-state index contributed by atoms with van der Waals surface area (Å²) in [7, 11) is 0. The van der Waals surface area contributed by atoms with E-state index in [1.165, 1.54) is 0 Å². The molecule has 33 heavy (non-hydrogen) atoms. The molecule has 4 aromatic rings. The molecule has 0 spiro atoms. The number of amides is 1. The van der Waals surface area contributed by atoms with Gasteiger partial charge in [0, 0.05) is 18.5 Å². The second kappa shape index (κ2) is 9.82. The molecule has 0 radical (unpaired) electrons. The first-order chi connectivity index (χ1) is 16.0. The van der Waals surface area contributed by atoms with Crippen molar-refractivity contribution in [3.8, 4) is 11.1 Å². The molecule has 0 atom stereocenters. The smallest absolute Gasteiger partial charge is 0.419 e. The second-order valence-corrected chi connectivity index (χ2v) is 7.48. The molecule has 0 bridgehead atoms. The maximum absolute atomic E-state index is 12.2. The fourth-order valence-electron chi connectivity index (χ4n) is 3.72. The van der Waals surface area contributed by atoms with Crippen molar-refractivity contribution in [2.24, 2.45) is 0 Å². The van der Waals surface area contributed by atoms with Crippen LogP contribution in [0, 0.1) is 0 Å². The predicted molar refractivity (Wildman–Crippen MR) is 127 cm³/mol. The topological polar surface area (TPSA) is 102 Å². The fraction of sp³-hybridized carbons (Fsp3) is 0.115. The number of carbonyl (C=O) groups is 2. The number of aryl methyl sites for hydroxylation is 1. The standard InChI is InChI=1S/C26H22N2O5/c29-15-13-19-10-12-23-24(17-19)33-26(32)28(23)14-5-4-6-18-9-11-21(20-7-2-1-3-8-20)22(16-18)27-25(30)31/h1-4,6-12,15-17,27H,5,13-14H2,(H,30,31). The number of hydrogen-bond acceptors (Lipinski definition) is 4. The number of allylic oxidation sites excluding steroid dienone is 1. The van der Waals surface area contributed by atoms with E-state index in [-0.39, 0.29) is 6.42 Å². The molecule has 0 aliphatic carbocycles. The lowest BCUT2D eigenvalue weighted by atomic mass is 10.0. The molecule has 4 rings (SSSR count). The van der Waals surface area contributed by atoms with Gasteiger partial charge >= 0.3 is 11.8 Å². The van der Waals surface area contributed by atoms with Crippen LogP contribution in [0.2, 0.25) is 0 Å². The molecule has 3 aromatic carbocycles. The van der Waals surface area contributed by atoms with Crippen molar-refractivity contribution >= 4 is 35.2 Å². The number of nitrogens with zero attached hydrogens (tertiary/aromatic N) is 1. The van der Waals surface area contributed by atoms with E-state index in [1.54, 1.807) is 22.8 Å². The van der Waals surface area contributed by atoms with E-state index in [0.717, 1.165) is 28.5 Å². The lowest BCUT2D eigenvalue weighted by Gasteiger charge is -2.10. The maximum atomic E-state index is 12.2. The van der Waals surface area contributed by atoms with Crippen LogP contribution in [0.3, 0.4) is 0 Å². The van der Waals surface area contributed by atoms with E-state index in [1.807, 2.05) is 60.7 Å². The number of nitrogens with one attached hydrogen (secondary N) is 1. The van der Waals surface area contributed by atoms with Gasteiger partial charge in [0.15, 0.2) is 5.58 Å². The van der Waals surface area contributed by atoms with Gasteiger partial charge in [-0.25, -0.2) is 9.59 Å². The summed E-state index contributed by atoms with van der Waals surface area (Å²) in [6.07, 6.45) is 4.34. The molecule has 0 fully saturated rings. The predicted octanol–water partition coefficient (Wildman–Crippen LogP) is 5.20. The number of rotatable bonds is 8. The molecule has 7 heteroatoms. The largest absolute Gasteiger partial charge is 0.465 e. The number of benzene rings is 3. The number of aldehydes is 1. The lowest BCUT2D eigenvalue weighted by Crippen LogP contribution is -2.13. The molecule has 1 heterocycles. The Kier molecular flexibility index (Phi) is 6.50. The van der Waals surface area contributed by atoms with E-state index in [0.29, 0.717) is 29.8 Å². The molecular formula is C26H22N2O5. The van der Waals surface area contributed by atoms with Crippen molar-refractivity contribution in [2.45, 2.75) is 19.4 Å². The summed E-state index contributed by atoms with van der Waals surface area (Å²) in [5.41, 5.74) is 4.98. The Bertz CT molecular complexity index is 1380. The van der Waals surface area contributed by atoms with Crippen LogP contribution in [-0.4, -0.2) is 22.1 Å². The van der Waals surface area contributed by atoms with Gasteiger partial charge in [-0.2, -0.15) is 0 Å². The second-order valence-electron chi connectivity index (χ2n) is 7.48. The Hall–Kier alpha value is -4.39. The maximum Gasteiger partial charge on any atom is 0.419 e. The summed E-state index contributed by atoms with van der Waals surface area (Å²) in [6, 6.07) is 20.4. The molecule has 1 aromatic heterocycles. The molecule has 0 saturated carbocycles. The summed E-state index contributed by atoms with van der Waals surface area (Å²) in [4.78, 5) is 34.2. The van der Waals surface area contributed by atoms with Gasteiger partial charge in [0.2, 0.25) is 0 Å². The fourth-order valence-corrected chi connectivity index (χ4v) is 3.72. The third-order valence-corrected chi connectivity index (χ3v) is 5.25. The van der Waals surface area contributed by atoms with E-state index < -0.39 is 11.8 Å². The lowest BCUT2D eigenvalue weighted by molar-refractivity contribution is -0.107. The minimum Gasteiger partial charge on any atom is -0.465 e. The first-order valence-electron chi connectivity index (χ1n) is 10.5. The highest BCUT2D eigenvalue weighted by molar-refractivity contribution is 5.91. The Morgan fingerprint density at radius 3 is 2.64 bits per heavy atom. The molecular weight excluding hydrogens is 420 g/mol. The van der Waals surface area contributed by atoms with Crippen molar-refractivity contribution in [3.05, 3.63) is 94.5 Å². The van der Waals surface area contributed by atoms with Crippen LogP contribution >= 0.6 is 0 Å². The highest BCUT2D eigenvalue weighted by Crippen LogP contribution is 2.29. The number of carbonyl (C=O) groups excluding carboxylic acids is 1. The van der Waals surface area contributed by atoms with Gasteiger partial charge in [0.1, 0.15) is 6.29 Å². The van der Waals surface area contributed by atoms with Crippen molar-refractivity contribution in [2.75, 3.05) is 5.32 Å². The Balaban J connectivity index is 1.50. The highest BCUT2D eigenvalue weighted by Gasteiger charge is 2.10. The monoisotopic (exact) mass is 442 g/mol. The summed E-state index contributed by atoms with van der Waals surface area (Å²) in [6.45, 7) is 0.428. The summed E-state index contributed by atoms with van der Waals surface area (Å²) >= 11 is 0. The molecule has 0 aliphatic rings. The first-order valence-corrected chi connectivity index (χ1v) is 10.5. The van der Waals surface area contributed by atoms with E-state index >= 15 is 0 Å². The van der Waals surface area contributed by atoms with Gasteiger partial charge in [-0.3, -0.25) is 9.88 Å². The third-order valence-electron chi connectivity index (χ3n) is 5.25. The molecule has 0 aliphatic heterocycles. The van der Waals surface area contributed by atoms with Crippen LogP contribution in [0.5, 0.6) is 0 Å². The molecule has 2 N–H and O–H groups in total. The van der Waals surface area contributed by atoms with Crippen molar-refractivity contribution < 1.29 is 19.1 Å². The Labute approximate surface area is 189 Å².